The lowest BCUT2D eigenvalue weighted by Gasteiger charge is -2.11. The van der Waals surface area contributed by atoms with Crippen LogP contribution in [0.15, 0.2) is 24.3 Å². The Bertz CT molecular complexity index is 555. The lowest BCUT2D eigenvalue weighted by Crippen LogP contribution is -2.35. The lowest BCUT2D eigenvalue weighted by atomic mass is 10.2. The summed E-state index contributed by atoms with van der Waals surface area (Å²) in [6.45, 7) is 3.98. The maximum Gasteiger partial charge on any atom is 0.221 e. The Morgan fingerprint density at radius 1 is 1.29 bits per heavy atom. The van der Waals surface area contributed by atoms with E-state index in [2.05, 4.69) is 10.0 Å². The Morgan fingerprint density at radius 2 is 1.90 bits per heavy atom. The molecule has 0 aliphatic heterocycles. The van der Waals surface area contributed by atoms with Gasteiger partial charge in [-0.25, -0.2) is 13.1 Å². The summed E-state index contributed by atoms with van der Waals surface area (Å²) in [6, 6.07) is 6.76. The minimum absolute atomic E-state index is 0.0968. The van der Waals surface area contributed by atoms with Crippen molar-refractivity contribution in [3.63, 3.8) is 0 Å². The van der Waals surface area contributed by atoms with Crippen LogP contribution in [0.4, 0.5) is 5.69 Å². The van der Waals surface area contributed by atoms with Crippen LogP contribution in [0.2, 0.25) is 0 Å². The number of carbonyl (C=O) groups excluding carboxylic acids is 1. The van der Waals surface area contributed by atoms with Crippen LogP contribution in [0.5, 0.6) is 0 Å². The van der Waals surface area contributed by atoms with Crippen LogP contribution in [0, 0.1) is 0 Å². The van der Waals surface area contributed by atoms with E-state index in [9.17, 15) is 13.2 Å². The summed E-state index contributed by atoms with van der Waals surface area (Å²) in [5, 5.41) is 2.78. The van der Waals surface area contributed by atoms with Gasteiger partial charge < -0.3 is 11.1 Å². The van der Waals surface area contributed by atoms with Crippen molar-refractivity contribution < 1.29 is 13.2 Å². The van der Waals surface area contributed by atoms with Gasteiger partial charge in [-0.15, -0.1) is 0 Å². The van der Waals surface area contributed by atoms with Gasteiger partial charge in [0, 0.05) is 24.7 Å². The zero-order valence-electron chi connectivity index (χ0n) is 12.4. The van der Waals surface area contributed by atoms with Crippen LogP contribution in [-0.2, 0) is 20.6 Å². The van der Waals surface area contributed by atoms with E-state index < -0.39 is 10.0 Å². The first-order valence-electron chi connectivity index (χ1n) is 6.93. The Kier molecular flexibility index (Phi) is 6.64. The summed E-state index contributed by atoms with van der Waals surface area (Å²) in [4.78, 5) is 11.5. The third kappa shape index (κ3) is 7.10. The molecule has 0 radical (unpaired) electrons. The Hall–Kier alpha value is -1.60. The van der Waals surface area contributed by atoms with E-state index in [0.717, 1.165) is 6.42 Å². The first-order valence-corrected chi connectivity index (χ1v) is 8.58. The first kappa shape index (κ1) is 17.5. The van der Waals surface area contributed by atoms with Crippen LogP contribution in [0.3, 0.4) is 0 Å². The summed E-state index contributed by atoms with van der Waals surface area (Å²) >= 11 is 0. The molecule has 0 saturated carbocycles. The SMILES string of the molecule is CCC(C)NC(=O)CCNS(=O)(=O)Cc1ccc(N)cc1. The molecule has 1 unspecified atom stereocenters. The number of hydrogen-bond donors (Lipinski definition) is 3. The molecule has 21 heavy (non-hydrogen) atoms. The highest BCUT2D eigenvalue weighted by Crippen LogP contribution is 2.08. The maximum absolute atomic E-state index is 11.9. The van der Waals surface area contributed by atoms with Crippen LogP contribution in [0.25, 0.3) is 0 Å². The third-order valence-corrected chi connectivity index (χ3v) is 4.39. The van der Waals surface area contributed by atoms with Crippen molar-refractivity contribution in [2.24, 2.45) is 0 Å². The lowest BCUT2D eigenvalue weighted by molar-refractivity contribution is -0.121. The summed E-state index contributed by atoms with van der Waals surface area (Å²) in [6.07, 6.45) is 0.972. The molecular weight excluding hydrogens is 290 g/mol. The number of benzene rings is 1. The number of rotatable bonds is 8. The smallest absolute Gasteiger partial charge is 0.221 e. The third-order valence-electron chi connectivity index (χ3n) is 3.03. The van der Waals surface area contributed by atoms with Crippen molar-refractivity contribution in [2.45, 2.75) is 38.5 Å². The highest BCUT2D eigenvalue weighted by molar-refractivity contribution is 7.88. The minimum Gasteiger partial charge on any atom is -0.399 e. The Balaban J connectivity index is 2.39. The molecule has 7 heteroatoms. The molecule has 0 aliphatic rings. The Labute approximate surface area is 126 Å². The topological polar surface area (TPSA) is 101 Å². The van der Waals surface area contributed by atoms with E-state index in [1.54, 1.807) is 24.3 Å². The van der Waals surface area contributed by atoms with E-state index in [1.807, 2.05) is 13.8 Å². The maximum atomic E-state index is 11.9. The van der Waals surface area contributed by atoms with Crippen molar-refractivity contribution in [3.8, 4) is 0 Å². The molecule has 6 nitrogen and oxygen atoms in total. The second-order valence-electron chi connectivity index (χ2n) is 5.02. The van der Waals surface area contributed by atoms with Crippen LogP contribution >= 0.6 is 0 Å². The van der Waals surface area contributed by atoms with Gasteiger partial charge in [0.05, 0.1) is 5.75 Å². The molecule has 1 aromatic rings. The van der Waals surface area contributed by atoms with Crippen molar-refractivity contribution in [2.75, 3.05) is 12.3 Å². The van der Waals surface area contributed by atoms with Gasteiger partial charge in [-0.05, 0) is 31.0 Å². The molecule has 1 aromatic carbocycles. The largest absolute Gasteiger partial charge is 0.399 e. The number of hydrogen-bond acceptors (Lipinski definition) is 4. The standard InChI is InChI=1S/C14H23N3O3S/c1-3-11(2)17-14(18)8-9-16-21(19,20)10-12-4-6-13(15)7-5-12/h4-7,11,16H,3,8-10,15H2,1-2H3,(H,17,18). The van der Waals surface area contributed by atoms with Gasteiger partial charge in [0.1, 0.15) is 0 Å². The highest BCUT2D eigenvalue weighted by Gasteiger charge is 2.12. The minimum atomic E-state index is -3.45. The van der Waals surface area contributed by atoms with E-state index in [0.29, 0.717) is 11.3 Å². The number of carbonyl (C=O) groups is 1. The fourth-order valence-corrected chi connectivity index (χ4v) is 2.80. The monoisotopic (exact) mass is 313 g/mol. The second-order valence-corrected chi connectivity index (χ2v) is 6.83. The number of amides is 1. The zero-order valence-corrected chi connectivity index (χ0v) is 13.2. The van der Waals surface area contributed by atoms with Crippen LogP contribution in [-0.4, -0.2) is 26.9 Å². The zero-order chi connectivity index (χ0) is 15.9. The summed E-state index contributed by atoms with van der Waals surface area (Å²) in [5.41, 5.74) is 6.79. The molecular formula is C14H23N3O3S. The molecule has 4 N–H and O–H groups in total. The van der Waals surface area contributed by atoms with E-state index in [1.165, 1.54) is 0 Å². The van der Waals surface area contributed by atoms with Gasteiger partial charge >= 0.3 is 0 Å². The summed E-state index contributed by atoms with van der Waals surface area (Å²) in [7, 11) is -3.45. The quantitative estimate of drug-likeness (QED) is 0.623. The number of anilines is 1. The van der Waals surface area contributed by atoms with Crippen molar-refractivity contribution in [3.05, 3.63) is 29.8 Å². The van der Waals surface area contributed by atoms with Crippen molar-refractivity contribution >= 4 is 21.6 Å². The molecule has 1 rings (SSSR count). The molecule has 0 spiro atoms. The van der Waals surface area contributed by atoms with E-state index >= 15 is 0 Å². The average molecular weight is 313 g/mol. The van der Waals surface area contributed by atoms with Gasteiger partial charge in [0.2, 0.25) is 15.9 Å². The summed E-state index contributed by atoms with van der Waals surface area (Å²) < 4.78 is 26.2. The van der Waals surface area contributed by atoms with Crippen molar-refractivity contribution in [1.29, 1.82) is 0 Å². The second kappa shape index (κ2) is 7.99. The molecule has 0 aromatic heterocycles. The highest BCUT2D eigenvalue weighted by atomic mass is 32.2. The molecule has 0 saturated heterocycles. The number of sulfonamides is 1. The van der Waals surface area contributed by atoms with Gasteiger partial charge in [-0.2, -0.15) is 0 Å². The van der Waals surface area contributed by atoms with E-state index in [4.69, 9.17) is 5.73 Å². The van der Waals surface area contributed by atoms with Crippen LogP contribution < -0.4 is 15.8 Å². The van der Waals surface area contributed by atoms with E-state index in [-0.39, 0.29) is 30.7 Å². The van der Waals surface area contributed by atoms with Crippen LogP contribution in [0.1, 0.15) is 32.3 Å². The van der Waals surface area contributed by atoms with Gasteiger partial charge in [-0.1, -0.05) is 19.1 Å². The van der Waals surface area contributed by atoms with Gasteiger partial charge in [0.15, 0.2) is 0 Å². The number of nitrogens with two attached hydrogens (primary N) is 1. The first-order chi connectivity index (χ1) is 9.82. The molecule has 0 aliphatic carbocycles. The van der Waals surface area contributed by atoms with Gasteiger partial charge in [0.25, 0.3) is 0 Å². The molecule has 0 fully saturated rings. The average Bonchev–Trinajstić information content (AvgIpc) is 2.40. The summed E-state index contributed by atoms with van der Waals surface area (Å²) in [5.74, 6) is -0.278. The molecule has 1 amide bonds. The number of nitrogen functional groups attached to an aromatic ring is 1. The van der Waals surface area contributed by atoms with Crippen molar-refractivity contribution in [1.82, 2.24) is 10.0 Å². The molecule has 0 bridgehead atoms. The van der Waals surface area contributed by atoms with Gasteiger partial charge in [-0.3, -0.25) is 4.79 Å². The Morgan fingerprint density at radius 3 is 2.48 bits per heavy atom. The predicted octanol–water partition coefficient (Wildman–Crippen LogP) is 0.993. The molecule has 118 valence electrons. The normalized spacial score (nSPS) is 12.9. The number of nitrogens with one attached hydrogen (secondary N) is 2. The fourth-order valence-electron chi connectivity index (χ4n) is 1.65. The molecule has 1 atom stereocenters. The predicted molar refractivity (Wildman–Crippen MR) is 84.0 cm³/mol. The molecule has 0 heterocycles. The fraction of sp³-hybridized carbons (Fsp3) is 0.500.